The Morgan fingerprint density at radius 3 is 2.55 bits per heavy atom. The minimum Gasteiger partial charge on any atom is -0.465 e. The lowest BCUT2D eigenvalue weighted by Crippen LogP contribution is -2.67. The summed E-state index contributed by atoms with van der Waals surface area (Å²) in [5, 5.41) is 33.5. The van der Waals surface area contributed by atoms with Gasteiger partial charge in [-0.15, -0.1) is 0 Å². The zero-order valence-corrected chi connectivity index (χ0v) is 17.7. The molecule has 0 bridgehead atoms. The number of carbonyl (C=O) groups is 2. The predicted octanol–water partition coefficient (Wildman–Crippen LogP) is 2.14. The molecule has 0 aromatic carbocycles. The second kappa shape index (κ2) is 6.89. The molecular formula is C23H34O6. The van der Waals surface area contributed by atoms with Crippen molar-refractivity contribution in [2.24, 2.45) is 28.6 Å². The lowest BCUT2D eigenvalue weighted by atomic mass is 9.44. The highest BCUT2D eigenvalue weighted by molar-refractivity contribution is 5.80. The molecule has 0 aromatic rings. The number of carbonyl (C=O) groups excluding carboxylic acids is 2. The third-order valence-electron chi connectivity index (χ3n) is 9.11. The first-order valence-corrected chi connectivity index (χ1v) is 11.0. The molecular weight excluding hydrogens is 372 g/mol. The molecule has 8 atom stereocenters. The van der Waals surface area contributed by atoms with Gasteiger partial charge in [-0.3, -0.25) is 9.59 Å². The zero-order chi connectivity index (χ0) is 21.2. The van der Waals surface area contributed by atoms with E-state index in [2.05, 4.69) is 6.08 Å². The van der Waals surface area contributed by atoms with Crippen LogP contribution in [0.2, 0.25) is 0 Å². The number of ether oxygens (including phenoxy) is 1. The molecule has 3 N–H and O–H groups in total. The fourth-order valence-electron chi connectivity index (χ4n) is 7.54. The number of Topliss-reactive ketones (excluding diaryl/α,β-unsaturated/α-hetero) is 1. The Kier molecular flexibility index (Phi) is 4.99. The summed E-state index contributed by atoms with van der Waals surface area (Å²) >= 11 is 0. The van der Waals surface area contributed by atoms with Crippen LogP contribution in [-0.2, 0) is 14.3 Å². The van der Waals surface area contributed by atoms with E-state index in [1.807, 2.05) is 6.92 Å². The van der Waals surface area contributed by atoms with Crippen LogP contribution in [0.4, 0.5) is 0 Å². The third kappa shape index (κ3) is 2.78. The van der Waals surface area contributed by atoms with Gasteiger partial charge in [-0.05, 0) is 63.7 Å². The first kappa shape index (κ1) is 21.0. The van der Waals surface area contributed by atoms with Crippen LogP contribution < -0.4 is 0 Å². The first-order valence-electron chi connectivity index (χ1n) is 11.0. The van der Waals surface area contributed by atoms with Crippen LogP contribution >= 0.6 is 0 Å². The number of esters is 1. The van der Waals surface area contributed by atoms with Crippen LogP contribution in [0.3, 0.4) is 0 Å². The van der Waals surface area contributed by atoms with Crippen molar-refractivity contribution < 1.29 is 29.6 Å². The predicted molar refractivity (Wildman–Crippen MR) is 106 cm³/mol. The normalized spacial score (nSPS) is 48.8. The highest BCUT2D eigenvalue weighted by atomic mass is 16.5. The van der Waals surface area contributed by atoms with Crippen LogP contribution in [0, 0.1) is 28.6 Å². The van der Waals surface area contributed by atoms with Gasteiger partial charge in [0.2, 0.25) is 0 Å². The van der Waals surface area contributed by atoms with E-state index >= 15 is 0 Å². The standard InChI is InChI=1S/C23H34O6/c1-13(24)17-7-9-23(28)18-5-4-15-10-16(26)6-8-22(15,12-29-14(2)25)19(18)11-20(27)21(17,23)3/h4,16-20,26-28H,5-12H2,1-3H3. The molecule has 0 radical (unpaired) electrons. The second-order valence-corrected chi connectivity index (χ2v) is 10.2. The average molecular weight is 407 g/mol. The summed E-state index contributed by atoms with van der Waals surface area (Å²) in [6, 6.07) is 0. The highest BCUT2D eigenvalue weighted by Gasteiger charge is 2.70. The maximum absolute atomic E-state index is 12.3. The number of aliphatic hydroxyl groups excluding tert-OH is 2. The van der Waals surface area contributed by atoms with Gasteiger partial charge in [0.05, 0.1) is 17.8 Å². The largest absolute Gasteiger partial charge is 0.465 e. The van der Waals surface area contributed by atoms with E-state index in [1.54, 1.807) is 6.92 Å². The summed E-state index contributed by atoms with van der Waals surface area (Å²) in [7, 11) is 0. The lowest BCUT2D eigenvalue weighted by Gasteiger charge is -2.62. The Morgan fingerprint density at radius 2 is 1.90 bits per heavy atom. The second-order valence-electron chi connectivity index (χ2n) is 10.2. The number of ketones is 1. The van der Waals surface area contributed by atoms with E-state index in [-0.39, 0.29) is 36.1 Å². The molecule has 0 amide bonds. The van der Waals surface area contributed by atoms with E-state index in [1.165, 1.54) is 6.92 Å². The summed E-state index contributed by atoms with van der Waals surface area (Å²) in [6.45, 7) is 5.06. The van der Waals surface area contributed by atoms with Crippen molar-refractivity contribution in [2.45, 2.75) is 83.5 Å². The van der Waals surface area contributed by atoms with E-state index < -0.39 is 28.6 Å². The van der Waals surface area contributed by atoms with Gasteiger partial charge in [-0.25, -0.2) is 0 Å². The minimum absolute atomic E-state index is 0.0309. The Balaban J connectivity index is 1.78. The Hall–Kier alpha value is -1.24. The van der Waals surface area contributed by atoms with Crippen molar-refractivity contribution in [3.63, 3.8) is 0 Å². The number of hydrogen-bond donors (Lipinski definition) is 3. The Labute approximate surface area is 172 Å². The minimum atomic E-state index is -1.13. The highest BCUT2D eigenvalue weighted by Crippen LogP contribution is 2.68. The van der Waals surface area contributed by atoms with Gasteiger partial charge in [-0.1, -0.05) is 18.6 Å². The number of aliphatic hydroxyl groups is 3. The maximum Gasteiger partial charge on any atom is 0.302 e. The summed E-state index contributed by atoms with van der Waals surface area (Å²) < 4.78 is 5.51. The van der Waals surface area contributed by atoms with E-state index in [0.29, 0.717) is 44.9 Å². The van der Waals surface area contributed by atoms with E-state index in [0.717, 1.165) is 5.57 Å². The number of rotatable bonds is 3. The van der Waals surface area contributed by atoms with Gasteiger partial charge in [0.25, 0.3) is 0 Å². The van der Waals surface area contributed by atoms with Crippen LogP contribution in [0.5, 0.6) is 0 Å². The molecule has 3 saturated carbocycles. The van der Waals surface area contributed by atoms with Gasteiger partial charge in [0, 0.05) is 23.7 Å². The molecule has 6 nitrogen and oxygen atoms in total. The molecule has 4 aliphatic rings. The quantitative estimate of drug-likeness (QED) is 0.490. The fraction of sp³-hybridized carbons (Fsp3) is 0.826. The summed E-state index contributed by atoms with van der Waals surface area (Å²) in [6.07, 6.45) is 4.99. The van der Waals surface area contributed by atoms with Crippen LogP contribution in [0.15, 0.2) is 11.6 Å². The van der Waals surface area contributed by atoms with Crippen molar-refractivity contribution in [1.29, 1.82) is 0 Å². The first-order chi connectivity index (χ1) is 13.6. The molecule has 0 aliphatic heterocycles. The molecule has 6 heteroatoms. The number of allylic oxidation sites excluding steroid dienone is 1. The number of fused-ring (bicyclic) bond motifs is 5. The molecule has 0 aromatic heterocycles. The van der Waals surface area contributed by atoms with Crippen molar-refractivity contribution in [1.82, 2.24) is 0 Å². The van der Waals surface area contributed by atoms with Crippen LogP contribution in [-0.4, -0.2) is 51.5 Å². The molecule has 0 spiro atoms. The van der Waals surface area contributed by atoms with Crippen molar-refractivity contribution >= 4 is 11.8 Å². The topological polar surface area (TPSA) is 104 Å². The SMILES string of the molecule is CC(=O)OCC12CCC(O)CC1=CCC1C2CC(O)C2(C)C(C(C)=O)CCC12O. The van der Waals surface area contributed by atoms with Gasteiger partial charge < -0.3 is 20.1 Å². The molecule has 4 rings (SSSR count). The van der Waals surface area contributed by atoms with Crippen molar-refractivity contribution in [3.05, 3.63) is 11.6 Å². The summed E-state index contributed by atoms with van der Waals surface area (Å²) in [4.78, 5) is 24.0. The lowest BCUT2D eigenvalue weighted by molar-refractivity contribution is -0.229. The van der Waals surface area contributed by atoms with Gasteiger partial charge in [0.15, 0.2) is 0 Å². The van der Waals surface area contributed by atoms with Crippen molar-refractivity contribution in [3.8, 4) is 0 Å². The maximum atomic E-state index is 12.3. The zero-order valence-electron chi connectivity index (χ0n) is 17.7. The Bertz CT molecular complexity index is 746. The Morgan fingerprint density at radius 1 is 1.17 bits per heavy atom. The molecule has 4 aliphatic carbocycles. The molecule has 3 fully saturated rings. The molecule has 29 heavy (non-hydrogen) atoms. The summed E-state index contributed by atoms with van der Waals surface area (Å²) in [5.74, 6) is -0.804. The fourth-order valence-corrected chi connectivity index (χ4v) is 7.54. The monoisotopic (exact) mass is 406 g/mol. The van der Waals surface area contributed by atoms with Crippen LogP contribution in [0.1, 0.15) is 65.7 Å². The molecule has 0 heterocycles. The van der Waals surface area contributed by atoms with Gasteiger partial charge in [-0.2, -0.15) is 0 Å². The van der Waals surface area contributed by atoms with E-state index in [9.17, 15) is 24.9 Å². The smallest absolute Gasteiger partial charge is 0.302 e. The summed E-state index contributed by atoms with van der Waals surface area (Å²) in [5.41, 5.74) is -1.35. The molecule has 0 saturated heterocycles. The number of hydrogen-bond acceptors (Lipinski definition) is 6. The van der Waals surface area contributed by atoms with E-state index in [4.69, 9.17) is 4.74 Å². The molecule has 8 unspecified atom stereocenters. The molecule has 162 valence electrons. The average Bonchev–Trinajstić information content (AvgIpc) is 2.94. The van der Waals surface area contributed by atoms with Crippen LogP contribution in [0.25, 0.3) is 0 Å². The third-order valence-corrected chi connectivity index (χ3v) is 9.11. The van der Waals surface area contributed by atoms with Crippen molar-refractivity contribution in [2.75, 3.05) is 6.61 Å². The van der Waals surface area contributed by atoms with Gasteiger partial charge in [0.1, 0.15) is 12.4 Å². The van der Waals surface area contributed by atoms with Gasteiger partial charge >= 0.3 is 5.97 Å².